The van der Waals surface area contributed by atoms with Gasteiger partial charge in [-0.25, -0.2) is 0 Å². The van der Waals surface area contributed by atoms with E-state index in [1.165, 1.54) is 16.9 Å². The van der Waals surface area contributed by atoms with Crippen LogP contribution in [0.3, 0.4) is 0 Å². The number of aromatic nitrogens is 2. The van der Waals surface area contributed by atoms with E-state index in [-0.39, 0.29) is 12.5 Å². The molecular formula is C27H24F3N3O2. The van der Waals surface area contributed by atoms with Gasteiger partial charge in [-0.3, -0.25) is 9.48 Å². The number of carbonyl (C=O) groups excluding carboxylic acids is 1. The van der Waals surface area contributed by atoms with E-state index in [0.717, 1.165) is 34.6 Å². The Morgan fingerprint density at radius 1 is 1.00 bits per heavy atom. The van der Waals surface area contributed by atoms with Crippen LogP contribution in [-0.2, 0) is 19.3 Å². The van der Waals surface area contributed by atoms with Crippen molar-refractivity contribution in [3.8, 4) is 5.75 Å². The third-order valence-electron chi connectivity index (χ3n) is 5.40. The van der Waals surface area contributed by atoms with Crippen LogP contribution in [0.1, 0.15) is 38.2 Å². The zero-order chi connectivity index (χ0) is 25.0. The van der Waals surface area contributed by atoms with E-state index in [9.17, 15) is 18.0 Å². The maximum atomic E-state index is 12.9. The van der Waals surface area contributed by atoms with Gasteiger partial charge in [-0.05, 0) is 60.9 Å². The van der Waals surface area contributed by atoms with Gasteiger partial charge in [0.1, 0.15) is 12.4 Å². The first-order valence-corrected chi connectivity index (χ1v) is 11.0. The normalized spacial score (nSPS) is 11.3. The van der Waals surface area contributed by atoms with Crippen molar-refractivity contribution >= 4 is 11.6 Å². The van der Waals surface area contributed by atoms with Gasteiger partial charge in [0.05, 0.1) is 24.0 Å². The summed E-state index contributed by atoms with van der Waals surface area (Å²) in [4.78, 5) is 12.7. The molecule has 8 heteroatoms. The van der Waals surface area contributed by atoms with Crippen LogP contribution in [0.15, 0.2) is 79.1 Å². The van der Waals surface area contributed by atoms with E-state index in [1.807, 2.05) is 38.1 Å². The van der Waals surface area contributed by atoms with Gasteiger partial charge in [-0.15, -0.1) is 0 Å². The number of aryl methyl sites for hydroxylation is 2. The Balaban J connectivity index is 1.38. The van der Waals surface area contributed by atoms with Crippen molar-refractivity contribution in [1.82, 2.24) is 9.78 Å². The molecule has 35 heavy (non-hydrogen) atoms. The summed E-state index contributed by atoms with van der Waals surface area (Å²) in [5.74, 6) is 0.468. The van der Waals surface area contributed by atoms with Crippen LogP contribution >= 0.6 is 0 Å². The zero-order valence-electron chi connectivity index (χ0n) is 19.3. The Hall–Kier alpha value is -4.07. The quantitative estimate of drug-likeness (QED) is 0.334. The third-order valence-corrected chi connectivity index (χ3v) is 5.40. The fraction of sp³-hybridized carbons (Fsp3) is 0.185. The number of alkyl halides is 3. The highest BCUT2D eigenvalue weighted by molar-refractivity contribution is 6.04. The van der Waals surface area contributed by atoms with Crippen LogP contribution in [-0.4, -0.2) is 15.7 Å². The Kier molecular flexibility index (Phi) is 6.91. The molecule has 1 heterocycles. The Morgan fingerprint density at radius 3 is 2.54 bits per heavy atom. The van der Waals surface area contributed by atoms with E-state index in [2.05, 4.69) is 10.4 Å². The number of halogens is 3. The van der Waals surface area contributed by atoms with E-state index >= 15 is 0 Å². The van der Waals surface area contributed by atoms with Gasteiger partial charge in [-0.2, -0.15) is 18.3 Å². The molecule has 4 aromatic rings. The van der Waals surface area contributed by atoms with Crippen LogP contribution in [0.25, 0.3) is 0 Å². The van der Waals surface area contributed by atoms with Crippen molar-refractivity contribution in [2.45, 2.75) is 33.2 Å². The highest BCUT2D eigenvalue weighted by Gasteiger charge is 2.30. The zero-order valence-corrected chi connectivity index (χ0v) is 19.3. The smallest absolute Gasteiger partial charge is 0.416 e. The molecule has 0 spiro atoms. The maximum Gasteiger partial charge on any atom is 0.416 e. The first-order valence-electron chi connectivity index (χ1n) is 11.0. The lowest BCUT2D eigenvalue weighted by atomic mass is 10.1. The van der Waals surface area contributed by atoms with Crippen LogP contribution in [0.4, 0.5) is 18.9 Å². The lowest BCUT2D eigenvalue weighted by Gasteiger charge is -2.11. The monoisotopic (exact) mass is 479 g/mol. The van der Waals surface area contributed by atoms with Gasteiger partial charge in [0.2, 0.25) is 0 Å². The van der Waals surface area contributed by atoms with Crippen molar-refractivity contribution in [3.05, 3.63) is 113 Å². The maximum absolute atomic E-state index is 12.9. The molecule has 3 aromatic carbocycles. The van der Waals surface area contributed by atoms with Crippen molar-refractivity contribution in [3.63, 3.8) is 0 Å². The minimum absolute atomic E-state index is 0.144. The number of carbonyl (C=O) groups is 1. The SMILES string of the molecule is Cc1ccc(OCc2cccc(C(=O)Nc3cnn(Cc4cccc(C(F)(F)F)c4)c3)c2)c(C)c1. The minimum Gasteiger partial charge on any atom is -0.489 e. The van der Waals surface area contributed by atoms with Gasteiger partial charge < -0.3 is 10.1 Å². The second-order valence-corrected chi connectivity index (χ2v) is 8.34. The fourth-order valence-corrected chi connectivity index (χ4v) is 3.68. The van der Waals surface area contributed by atoms with E-state index in [1.54, 1.807) is 30.5 Å². The predicted octanol–water partition coefficient (Wildman–Crippen LogP) is 6.40. The Bertz CT molecular complexity index is 1350. The number of rotatable bonds is 7. The number of amides is 1. The molecule has 0 unspecified atom stereocenters. The van der Waals surface area contributed by atoms with Crippen LogP contribution in [0.2, 0.25) is 0 Å². The van der Waals surface area contributed by atoms with Crippen molar-refractivity contribution in [2.24, 2.45) is 0 Å². The summed E-state index contributed by atoms with van der Waals surface area (Å²) in [5.41, 5.74) is 3.69. The molecule has 0 aliphatic rings. The summed E-state index contributed by atoms with van der Waals surface area (Å²) in [6.07, 6.45) is -1.37. The van der Waals surface area contributed by atoms with Crippen molar-refractivity contribution in [1.29, 1.82) is 0 Å². The molecule has 5 nitrogen and oxygen atoms in total. The predicted molar refractivity (Wildman–Crippen MR) is 127 cm³/mol. The van der Waals surface area contributed by atoms with Crippen molar-refractivity contribution in [2.75, 3.05) is 5.32 Å². The molecule has 0 radical (unpaired) electrons. The first kappa shape index (κ1) is 24.1. The average molecular weight is 480 g/mol. The summed E-state index contributed by atoms with van der Waals surface area (Å²) in [7, 11) is 0. The molecule has 0 aliphatic heterocycles. The standard InChI is InChI=1S/C27H24F3N3O2/c1-18-9-10-25(19(2)11-18)35-17-21-6-3-7-22(12-21)26(34)32-24-14-31-33(16-24)15-20-5-4-8-23(13-20)27(28,29)30/h3-14,16H,15,17H2,1-2H3,(H,32,34). The third kappa shape index (κ3) is 6.29. The molecule has 0 fully saturated rings. The lowest BCUT2D eigenvalue weighted by Crippen LogP contribution is -2.12. The first-order chi connectivity index (χ1) is 16.7. The van der Waals surface area contributed by atoms with Gasteiger partial charge in [-0.1, -0.05) is 42.0 Å². The number of hydrogen-bond acceptors (Lipinski definition) is 3. The van der Waals surface area contributed by atoms with Gasteiger partial charge in [0.25, 0.3) is 5.91 Å². The minimum atomic E-state index is -4.40. The summed E-state index contributed by atoms with van der Waals surface area (Å²) in [6, 6.07) is 18.2. The largest absolute Gasteiger partial charge is 0.489 e. The molecular weight excluding hydrogens is 455 g/mol. The molecule has 180 valence electrons. The Labute approximate surface area is 201 Å². The highest BCUT2D eigenvalue weighted by atomic mass is 19.4. The second-order valence-electron chi connectivity index (χ2n) is 8.34. The van der Waals surface area contributed by atoms with Crippen LogP contribution in [0, 0.1) is 13.8 Å². The fourth-order valence-electron chi connectivity index (χ4n) is 3.68. The molecule has 0 bridgehead atoms. The highest BCUT2D eigenvalue weighted by Crippen LogP contribution is 2.29. The Morgan fingerprint density at radius 2 is 1.77 bits per heavy atom. The van der Waals surface area contributed by atoms with Crippen LogP contribution < -0.4 is 10.1 Å². The van der Waals surface area contributed by atoms with Gasteiger partial charge in [0, 0.05) is 11.8 Å². The molecule has 0 aliphatic carbocycles. The van der Waals surface area contributed by atoms with E-state index in [0.29, 0.717) is 23.4 Å². The van der Waals surface area contributed by atoms with Crippen molar-refractivity contribution < 1.29 is 22.7 Å². The number of anilines is 1. The summed E-state index contributed by atoms with van der Waals surface area (Å²) < 4.78 is 46.2. The molecule has 1 N–H and O–H groups in total. The van der Waals surface area contributed by atoms with Gasteiger partial charge in [0.15, 0.2) is 0 Å². The topological polar surface area (TPSA) is 56.1 Å². The summed E-state index contributed by atoms with van der Waals surface area (Å²) in [6.45, 7) is 4.47. The lowest BCUT2D eigenvalue weighted by molar-refractivity contribution is -0.137. The summed E-state index contributed by atoms with van der Waals surface area (Å²) >= 11 is 0. The van der Waals surface area contributed by atoms with Crippen LogP contribution in [0.5, 0.6) is 5.75 Å². The number of nitrogens with one attached hydrogen (secondary N) is 1. The van der Waals surface area contributed by atoms with E-state index < -0.39 is 11.7 Å². The summed E-state index contributed by atoms with van der Waals surface area (Å²) in [5, 5.41) is 6.92. The number of nitrogens with zero attached hydrogens (tertiary/aromatic N) is 2. The van der Waals surface area contributed by atoms with E-state index in [4.69, 9.17) is 4.74 Å². The molecule has 0 saturated heterocycles. The average Bonchev–Trinajstić information content (AvgIpc) is 3.25. The number of ether oxygens (including phenoxy) is 1. The number of benzene rings is 3. The molecule has 1 amide bonds. The molecule has 1 aromatic heterocycles. The molecule has 0 atom stereocenters. The molecule has 4 rings (SSSR count). The second kappa shape index (κ2) is 10.0. The number of hydrogen-bond donors (Lipinski definition) is 1. The van der Waals surface area contributed by atoms with Gasteiger partial charge >= 0.3 is 6.18 Å². The molecule has 0 saturated carbocycles.